The van der Waals surface area contributed by atoms with Crippen LogP contribution in [0.25, 0.3) is 0 Å². The van der Waals surface area contributed by atoms with E-state index in [-0.39, 0.29) is 0 Å². The Bertz CT molecular complexity index is 370. The van der Waals surface area contributed by atoms with Gasteiger partial charge in [-0.2, -0.15) is 0 Å². The maximum atomic E-state index is 6.17. The lowest BCUT2D eigenvalue weighted by Gasteiger charge is -2.18. The molecular weight excluding hydrogens is 295 g/mol. The minimum absolute atomic E-state index is 0.428. The van der Waals surface area contributed by atoms with Gasteiger partial charge in [0.15, 0.2) is 0 Å². The number of alkyl halides is 1. The van der Waals surface area contributed by atoms with Crippen molar-refractivity contribution < 1.29 is 0 Å². The Balaban J connectivity index is 2.18. The van der Waals surface area contributed by atoms with Crippen LogP contribution in [0.4, 0.5) is 0 Å². The van der Waals surface area contributed by atoms with Gasteiger partial charge < -0.3 is 0 Å². The third kappa shape index (κ3) is 2.51. The lowest BCUT2D eigenvalue weighted by Crippen LogP contribution is -2.15. The van der Waals surface area contributed by atoms with Gasteiger partial charge in [-0.05, 0) is 42.4 Å². The maximum Gasteiger partial charge on any atom is 0.0453 e. The molecule has 15 heavy (non-hydrogen) atoms. The molecule has 0 spiro atoms. The highest BCUT2D eigenvalue weighted by atomic mass is 79.9. The molecule has 1 fully saturated rings. The topological polar surface area (TPSA) is 0 Å². The lowest BCUT2D eigenvalue weighted by atomic mass is 9.94. The molecule has 2 rings (SSSR count). The van der Waals surface area contributed by atoms with Crippen molar-refractivity contribution in [2.24, 2.45) is 5.41 Å². The van der Waals surface area contributed by atoms with E-state index >= 15 is 0 Å². The third-order valence-corrected chi connectivity index (χ3v) is 4.85. The van der Waals surface area contributed by atoms with Crippen LogP contribution in [0.2, 0.25) is 10.0 Å². The van der Waals surface area contributed by atoms with Crippen LogP contribution < -0.4 is 0 Å². The smallest absolute Gasteiger partial charge is 0.0453 e. The fourth-order valence-electron chi connectivity index (χ4n) is 1.92. The van der Waals surface area contributed by atoms with E-state index < -0.39 is 0 Å². The highest BCUT2D eigenvalue weighted by Crippen LogP contribution is 2.54. The first-order valence-corrected chi connectivity index (χ1v) is 6.79. The molecule has 0 aliphatic heterocycles. The summed E-state index contributed by atoms with van der Waals surface area (Å²) >= 11 is 15.7. The fourth-order valence-corrected chi connectivity index (χ4v) is 3.02. The molecule has 0 N–H and O–H groups in total. The van der Waals surface area contributed by atoms with Crippen molar-refractivity contribution in [3.8, 4) is 0 Å². The minimum Gasteiger partial charge on any atom is -0.0888 e. The van der Waals surface area contributed by atoms with Crippen molar-refractivity contribution in [2.45, 2.75) is 31.0 Å². The first-order chi connectivity index (χ1) is 7.03. The van der Waals surface area contributed by atoms with Gasteiger partial charge in [0.2, 0.25) is 0 Å². The summed E-state index contributed by atoms with van der Waals surface area (Å²) in [6, 6.07) is 5.78. The van der Waals surface area contributed by atoms with Gasteiger partial charge in [0, 0.05) is 14.9 Å². The molecule has 82 valence electrons. The molecular formula is C12H13BrCl2. The highest BCUT2D eigenvalue weighted by molar-refractivity contribution is 9.09. The quantitative estimate of drug-likeness (QED) is 0.682. The van der Waals surface area contributed by atoms with Gasteiger partial charge in [-0.25, -0.2) is 0 Å². The first kappa shape index (κ1) is 11.8. The molecule has 0 saturated heterocycles. The molecule has 1 aliphatic carbocycles. The standard InChI is InChI=1S/C12H13BrCl2/c1-8(13)12(4-5-12)7-9-2-3-10(14)6-11(9)15/h2-3,6,8H,4-5,7H2,1H3. The zero-order chi connectivity index (χ0) is 11.1. The molecule has 1 saturated carbocycles. The predicted octanol–water partition coefficient (Wildman–Crippen LogP) is 5.10. The molecule has 0 aromatic heterocycles. The fraction of sp³-hybridized carbons (Fsp3) is 0.500. The SMILES string of the molecule is CC(Br)C1(Cc2ccc(Cl)cc2Cl)CC1. The van der Waals surface area contributed by atoms with Crippen molar-refractivity contribution in [3.63, 3.8) is 0 Å². The van der Waals surface area contributed by atoms with E-state index in [9.17, 15) is 0 Å². The molecule has 1 aromatic rings. The molecule has 0 bridgehead atoms. The Kier molecular flexibility index (Phi) is 3.35. The second-order valence-corrected chi connectivity index (χ2v) is 6.61. The molecule has 1 atom stereocenters. The van der Waals surface area contributed by atoms with Crippen LogP contribution in [0.1, 0.15) is 25.3 Å². The average Bonchev–Trinajstić information content (AvgIpc) is 2.91. The summed E-state index contributed by atoms with van der Waals surface area (Å²) in [4.78, 5) is 0.553. The lowest BCUT2D eigenvalue weighted by molar-refractivity contribution is 0.509. The third-order valence-electron chi connectivity index (χ3n) is 3.29. The summed E-state index contributed by atoms with van der Waals surface area (Å²) in [6.45, 7) is 2.22. The second-order valence-electron chi connectivity index (χ2n) is 4.39. The Morgan fingerprint density at radius 1 is 1.40 bits per heavy atom. The Labute approximate surface area is 109 Å². The van der Waals surface area contributed by atoms with Gasteiger partial charge >= 0.3 is 0 Å². The Morgan fingerprint density at radius 2 is 2.07 bits per heavy atom. The predicted molar refractivity (Wildman–Crippen MR) is 70.2 cm³/mol. The van der Waals surface area contributed by atoms with Crippen molar-refractivity contribution in [3.05, 3.63) is 33.8 Å². The summed E-state index contributed by atoms with van der Waals surface area (Å²) in [6.07, 6.45) is 3.63. The van der Waals surface area contributed by atoms with Crippen molar-refractivity contribution in [1.29, 1.82) is 0 Å². The van der Waals surface area contributed by atoms with E-state index in [4.69, 9.17) is 23.2 Å². The van der Waals surface area contributed by atoms with Gasteiger partial charge in [-0.1, -0.05) is 52.1 Å². The van der Waals surface area contributed by atoms with Gasteiger partial charge in [-0.15, -0.1) is 0 Å². The molecule has 0 nitrogen and oxygen atoms in total. The van der Waals surface area contributed by atoms with Gasteiger partial charge in [0.1, 0.15) is 0 Å². The summed E-state index contributed by atoms with van der Waals surface area (Å²) in [5.41, 5.74) is 1.64. The number of hydrogen-bond donors (Lipinski definition) is 0. The monoisotopic (exact) mass is 306 g/mol. The zero-order valence-corrected chi connectivity index (χ0v) is 11.7. The molecule has 1 aromatic carbocycles. The van der Waals surface area contributed by atoms with Gasteiger partial charge in [0.25, 0.3) is 0 Å². The first-order valence-electron chi connectivity index (χ1n) is 5.11. The maximum absolute atomic E-state index is 6.17. The average molecular weight is 308 g/mol. The molecule has 1 unspecified atom stereocenters. The van der Waals surface area contributed by atoms with Crippen LogP contribution in [-0.4, -0.2) is 4.83 Å². The second kappa shape index (κ2) is 4.27. The van der Waals surface area contributed by atoms with Crippen molar-refractivity contribution in [1.82, 2.24) is 0 Å². The van der Waals surface area contributed by atoms with Crippen LogP contribution in [0.3, 0.4) is 0 Å². The molecule has 0 amide bonds. The normalized spacial score (nSPS) is 20.0. The molecule has 0 radical (unpaired) electrons. The van der Waals surface area contributed by atoms with Gasteiger partial charge in [-0.3, -0.25) is 0 Å². The van der Waals surface area contributed by atoms with E-state index in [1.165, 1.54) is 18.4 Å². The van der Waals surface area contributed by atoms with Crippen molar-refractivity contribution >= 4 is 39.1 Å². The summed E-state index contributed by atoms with van der Waals surface area (Å²) in [7, 11) is 0. The number of hydrogen-bond acceptors (Lipinski definition) is 0. The zero-order valence-electron chi connectivity index (χ0n) is 8.56. The molecule has 3 heteroatoms. The molecule has 1 aliphatic rings. The summed E-state index contributed by atoms with van der Waals surface area (Å²) in [5.74, 6) is 0. The van der Waals surface area contributed by atoms with Crippen LogP contribution in [0, 0.1) is 5.41 Å². The van der Waals surface area contributed by atoms with Gasteiger partial charge in [0.05, 0.1) is 0 Å². The minimum atomic E-state index is 0.428. The van der Waals surface area contributed by atoms with Crippen LogP contribution in [0.5, 0.6) is 0 Å². The van der Waals surface area contributed by atoms with Crippen LogP contribution >= 0.6 is 39.1 Å². The number of halogens is 3. The summed E-state index contributed by atoms with van der Waals surface area (Å²) in [5, 5.41) is 1.50. The van der Waals surface area contributed by atoms with E-state index in [0.717, 1.165) is 11.4 Å². The highest BCUT2D eigenvalue weighted by Gasteiger charge is 2.46. The number of rotatable bonds is 3. The van der Waals surface area contributed by atoms with Crippen LogP contribution in [0.15, 0.2) is 18.2 Å². The van der Waals surface area contributed by atoms with E-state index in [2.05, 4.69) is 22.9 Å². The van der Waals surface area contributed by atoms with Crippen LogP contribution in [-0.2, 0) is 6.42 Å². The van der Waals surface area contributed by atoms with E-state index in [1.807, 2.05) is 18.2 Å². The molecule has 0 heterocycles. The van der Waals surface area contributed by atoms with E-state index in [1.54, 1.807) is 0 Å². The summed E-state index contributed by atoms with van der Waals surface area (Å²) < 4.78 is 0. The van der Waals surface area contributed by atoms with Crippen molar-refractivity contribution in [2.75, 3.05) is 0 Å². The largest absolute Gasteiger partial charge is 0.0888 e. The van der Waals surface area contributed by atoms with E-state index in [0.29, 0.717) is 15.3 Å². The number of benzene rings is 1. The Hall–Kier alpha value is 0.280. The Morgan fingerprint density at radius 3 is 2.53 bits per heavy atom.